The molecule has 0 bridgehead atoms. The molecule has 3 N–H and O–H groups in total. The fourth-order valence-electron chi connectivity index (χ4n) is 1.49. The smallest absolute Gasteiger partial charge is 0.326 e. The topological polar surface area (TPSA) is 72.5 Å². The van der Waals surface area contributed by atoms with E-state index in [-0.39, 0.29) is 0 Å². The van der Waals surface area contributed by atoms with Crippen LogP contribution in [-0.4, -0.2) is 28.8 Å². The zero-order chi connectivity index (χ0) is 13.5. The van der Waals surface area contributed by atoms with Crippen LogP contribution in [0, 0.1) is 0 Å². The molecule has 0 heterocycles. The number of rotatable bonds is 7. The lowest BCUT2D eigenvalue weighted by molar-refractivity contribution is -0.159. The first-order valence-electron chi connectivity index (χ1n) is 6.44. The minimum absolute atomic E-state index is 0.527. The van der Waals surface area contributed by atoms with Gasteiger partial charge in [-0.3, -0.25) is 4.79 Å². The highest BCUT2D eigenvalue weighted by atomic mass is 16.6. The number of nitrogens with two attached hydrogens (primary N) is 1. The van der Waals surface area contributed by atoms with Gasteiger partial charge in [-0.05, 0) is 27.2 Å². The Kier molecular flexibility index (Phi) is 7.39. The van der Waals surface area contributed by atoms with Gasteiger partial charge in [0.1, 0.15) is 11.6 Å². The van der Waals surface area contributed by atoms with E-state index in [1.165, 1.54) is 0 Å². The molecule has 4 nitrogen and oxygen atoms in total. The lowest BCUT2D eigenvalue weighted by Gasteiger charge is -2.24. The van der Waals surface area contributed by atoms with Crippen LogP contribution >= 0.6 is 0 Å². The molecule has 0 amide bonds. The van der Waals surface area contributed by atoms with E-state index in [0.717, 1.165) is 25.7 Å². The molecule has 102 valence electrons. The SMILES string of the molecule is CCCCCC[C@H](O)[C@H](N)C(=O)OC(C)(C)C. The Morgan fingerprint density at radius 1 is 1.29 bits per heavy atom. The number of ether oxygens (including phenoxy) is 1. The van der Waals surface area contributed by atoms with Crippen LogP contribution in [0.2, 0.25) is 0 Å². The van der Waals surface area contributed by atoms with E-state index in [0.29, 0.717) is 6.42 Å². The van der Waals surface area contributed by atoms with Gasteiger partial charge in [-0.1, -0.05) is 32.6 Å². The summed E-state index contributed by atoms with van der Waals surface area (Å²) in [6.07, 6.45) is 4.00. The molecule has 0 aromatic carbocycles. The van der Waals surface area contributed by atoms with E-state index in [4.69, 9.17) is 10.5 Å². The largest absolute Gasteiger partial charge is 0.459 e. The summed E-state index contributed by atoms with van der Waals surface area (Å²) in [5.41, 5.74) is 5.10. The van der Waals surface area contributed by atoms with Crippen molar-refractivity contribution in [2.45, 2.75) is 77.5 Å². The van der Waals surface area contributed by atoms with Gasteiger partial charge in [0.15, 0.2) is 0 Å². The van der Waals surface area contributed by atoms with Crippen molar-refractivity contribution in [1.82, 2.24) is 0 Å². The third kappa shape index (κ3) is 8.16. The van der Waals surface area contributed by atoms with Gasteiger partial charge in [0.25, 0.3) is 0 Å². The Morgan fingerprint density at radius 2 is 1.88 bits per heavy atom. The molecule has 0 unspecified atom stereocenters. The molecule has 0 radical (unpaired) electrons. The summed E-state index contributed by atoms with van der Waals surface area (Å²) in [4.78, 5) is 11.6. The van der Waals surface area contributed by atoms with Crippen LogP contribution in [0.15, 0.2) is 0 Å². The second-order valence-corrected chi connectivity index (χ2v) is 5.48. The molecule has 0 aliphatic rings. The fourth-order valence-corrected chi connectivity index (χ4v) is 1.49. The first-order valence-corrected chi connectivity index (χ1v) is 6.44. The number of aliphatic hydroxyl groups excluding tert-OH is 1. The molecule has 0 saturated heterocycles. The minimum Gasteiger partial charge on any atom is -0.459 e. The maximum Gasteiger partial charge on any atom is 0.326 e. The summed E-state index contributed by atoms with van der Waals surface area (Å²) in [7, 11) is 0. The summed E-state index contributed by atoms with van der Waals surface area (Å²) < 4.78 is 5.12. The lowest BCUT2D eigenvalue weighted by Crippen LogP contribution is -2.45. The maximum absolute atomic E-state index is 11.6. The molecule has 0 aromatic heterocycles. The normalized spacial score (nSPS) is 15.4. The van der Waals surface area contributed by atoms with Crippen LogP contribution in [0.25, 0.3) is 0 Å². The number of esters is 1. The Hall–Kier alpha value is -0.610. The van der Waals surface area contributed by atoms with Crippen LogP contribution in [0.3, 0.4) is 0 Å². The van der Waals surface area contributed by atoms with Gasteiger partial charge in [-0.25, -0.2) is 0 Å². The Labute approximate surface area is 105 Å². The molecule has 0 fully saturated rings. The molecule has 17 heavy (non-hydrogen) atoms. The third-order valence-electron chi connectivity index (χ3n) is 2.45. The standard InChI is InChI=1S/C13H27NO3/c1-5-6-7-8-9-10(15)11(14)12(16)17-13(2,3)4/h10-11,15H,5-9,14H2,1-4H3/t10-,11-/m0/s1. The summed E-state index contributed by atoms with van der Waals surface area (Å²) in [5, 5.41) is 9.76. The summed E-state index contributed by atoms with van der Waals surface area (Å²) in [5.74, 6) is -0.527. The lowest BCUT2D eigenvalue weighted by atomic mass is 10.0. The second kappa shape index (κ2) is 7.67. The molecule has 0 saturated carbocycles. The van der Waals surface area contributed by atoms with Gasteiger partial charge < -0.3 is 15.6 Å². The van der Waals surface area contributed by atoms with Crippen molar-refractivity contribution in [1.29, 1.82) is 0 Å². The Morgan fingerprint density at radius 3 is 2.35 bits per heavy atom. The minimum atomic E-state index is -0.934. The summed E-state index contributed by atoms with van der Waals surface area (Å²) >= 11 is 0. The number of hydrogen-bond acceptors (Lipinski definition) is 4. The van der Waals surface area contributed by atoms with E-state index in [1.807, 2.05) is 0 Å². The van der Waals surface area contributed by atoms with Crippen LogP contribution in [0.1, 0.15) is 59.8 Å². The molecule has 0 rings (SSSR count). The van der Waals surface area contributed by atoms with Crippen molar-refractivity contribution in [3.05, 3.63) is 0 Å². The van der Waals surface area contributed by atoms with Crippen LogP contribution in [0.5, 0.6) is 0 Å². The number of unbranched alkanes of at least 4 members (excludes halogenated alkanes) is 3. The first kappa shape index (κ1) is 16.4. The zero-order valence-electron chi connectivity index (χ0n) is 11.5. The van der Waals surface area contributed by atoms with Crippen molar-refractivity contribution in [2.24, 2.45) is 5.73 Å². The van der Waals surface area contributed by atoms with Crippen molar-refractivity contribution in [2.75, 3.05) is 0 Å². The predicted octanol–water partition coefficient (Wildman–Crippen LogP) is 1.99. The highest BCUT2D eigenvalue weighted by Crippen LogP contribution is 2.12. The number of carbonyl (C=O) groups excluding carboxylic acids is 1. The average Bonchev–Trinajstić information content (AvgIpc) is 2.20. The van der Waals surface area contributed by atoms with Gasteiger partial charge in [0, 0.05) is 0 Å². The molecule has 2 atom stereocenters. The Balaban J connectivity index is 3.95. The van der Waals surface area contributed by atoms with Gasteiger partial charge in [0.2, 0.25) is 0 Å². The van der Waals surface area contributed by atoms with Crippen molar-refractivity contribution < 1.29 is 14.6 Å². The number of aliphatic hydroxyl groups is 1. The maximum atomic E-state index is 11.6. The average molecular weight is 245 g/mol. The Bertz CT molecular complexity index is 223. The fraction of sp³-hybridized carbons (Fsp3) is 0.923. The molecule has 0 aromatic rings. The van der Waals surface area contributed by atoms with Crippen molar-refractivity contribution in [3.8, 4) is 0 Å². The van der Waals surface area contributed by atoms with E-state index < -0.39 is 23.7 Å². The highest BCUT2D eigenvalue weighted by Gasteiger charge is 2.27. The molecule has 4 heteroatoms. The first-order chi connectivity index (χ1) is 7.78. The van der Waals surface area contributed by atoms with E-state index in [2.05, 4.69) is 6.92 Å². The monoisotopic (exact) mass is 245 g/mol. The molecular formula is C13H27NO3. The van der Waals surface area contributed by atoms with Crippen molar-refractivity contribution in [3.63, 3.8) is 0 Å². The van der Waals surface area contributed by atoms with Gasteiger partial charge in [-0.15, -0.1) is 0 Å². The molecule has 0 spiro atoms. The number of hydrogen-bond donors (Lipinski definition) is 2. The van der Waals surface area contributed by atoms with E-state index >= 15 is 0 Å². The van der Waals surface area contributed by atoms with Crippen LogP contribution < -0.4 is 5.73 Å². The van der Waals surface area contributed by atoms with Crippen LogP contribution in [-0.2, 0) is 9.53 Å². The van der Waals surface area contributed by atoms with E-state index in [1.54, 1.807) is 20.8 Å². The van der Waals surface area contributed by atoms with Gasteiger partial charge >= 0.3 is 5.97 Å². The quantitative estimate of drug-likeness (QED) is 0.531. The molecule has 0 aliphatic heterocycles. The summed E-state index contributed by atoms with van der Waals surface area (Å²) in [6, 6.07) is -0.934. The molecule has 0 aliphatic carbocycles. The highest BCUT2D eigenvalue weighted by molar-refractivity contribution is 5.76. The van der Waals surface area contributed by atoms with Gasteiger partial charge in [0.05, 0.1) is 6.10 Å². The summed E-state index contributed by atoms with van der Waals surface area (Å²) in [6.45, 7) is 7.48. The van der Waals surface area contributed by atoms with E-state index in [9.17, 15) is 9.90 Å². The second-order valence-electron chi connectivity index (χ2n) is 5.48. The van der Waals surface area contributed by atoms with Crippen LogP contribution in [0.4, 0.5) is 0 Å². The third-order valence-corrected chi connectivity index (χ3v) is 2.45. The van der Waals surface area contributed by atoms with Crippen molar-refractivity contribution >= 4 is 5.97 Å². The van der Waals surface area contributed by atoms with Gasteiger partial charge in [-0.2, -0.15) is 0 Å². The molecular weight excluding hydrogens is 218 g/mol. The number of carbonyl (C=O) groups is 1. The predicted molar refractivity (Wildman–Crippen MR) is 68.6 cm³/mol. The zero-order valence-corrected chi connectivity index (χ0v) is 11.5.